The highest BCUT2D eigenvalue weighted by molar-refractivity contribution is 5.92. The summed E-state index contributed by atoms with van der Waals surface area (Å²) < 4.78 is 38.7. The zero-order valence-electron chi connectivity index (χ0n) is 11.2. The summed E-state index contributed by atoms with van der Waals surface area (Å²) >= 11 is 0. The molecule has 1 N–H and O–H groups in total. The van der Waals surface area contributed by atoms with E-state index in [-0.39, 0.29) is 5.69 Å². The lowest BCUT2D eigenvalue weighted by molar-refractivity contribution is -0.0639. The van der Waals surface area contributed by atoms with Crippen LogP contribution in [0.1, 0.15) is 27.2 Å². The van der Waals surface area contributed by atoms with Crippen LogP contribution in [0.2, 0.25) is 0 Å². The Hall–Kier alpha value is -1.36. The third kappa shape index (κ3) is 5.03. The average molecular weight is 273 g/mol. The van der Waals surface area contributed by atoms with Crippen molar-refractivity contribution in [3.8, 4) is 0 Å². The van der Waals surface area contributed by atoms with Gasteiger partial charge in [-0.1, -0.05) is 39.0 Å². The van der Waals surface area contributed by atoms with E-state index in [9.17, 15) is 18.3 Å². The first-order valence-corrected chi connectivity index (χ1v) is 5.98. The van der Waals surface area contributed by atoms with Gasteiger partial charge >= 0.3 is 6.18 Å². The molecule has 1 aromatic rings. The zero-order valence-corrected chi connectivity index (χ0v) is 11.2. The SMILES string of the molecule is CC(C)(C)C(O)CC(=Nc1ccccc1)C(F)(F)F. The normalized spacial score (nSPS) is 15.4. The molecule has 1 unspecified atom stereocenters. The molecule has 5 heteroatoms. The lowest BCUT2D eigenvalue weighted by atomic mass is 9.86. The monoisotopic (exact) mass is 273 g/mol. The molecule has 106 valence electrons. The van der Waals surface area contributed by atoms with Gasteiger partial charge in [0.1, 0.15) is 5.71 Å². The molecule has 0 heterocycles. The van der Waals surface area contributed by atoms with Gasteiger partial charge in [-0.15, -0.1) is 0 Å². The number of nitrogens with zero attached hydrogens (tertiary/aromatic N) is 1. The fourth-order valence-electron chi connectivity index (χ4n) is 1.37. The maximum Gasteiger partial charge on any atom is 0.429 e. The van der Waals surface area contributed by atoms with E-state index in [0.29, 0.717) is 0 Å². The van der Waals surface area contributed by atoms with Gasteiger partial charge in [-0.2, -0.15) is 13.2 Å². The largest absolute Gasteiger partial charge is 0.429 e. The molecule has 0 amide bonds. The second-order valence-electron chi connectivity index (χ2n) is 5.48. The van der Waals surface area contributed by atoms with Crippen LogP contribution in [-0.2, 0) is 0 Å². The van der Waals surface area contributed by atoms with Crippen LogP contribution in [0.15, 0.2) is 35.3 Å². The van der Waals surface area contributed by atoms with Crippen molar-refractivity contribution in [2.45, 2.75) is 39.5 Å². The summed E-state index contributed by atoms with van der Waals surface area (Å²) in [5, 5.41) is 9.82. The average Bonchev–Trinajstić information content (AvgIpc) is 2.27. The Morgan fingerprint density at radius 3 is 2.11 bits per heavy atom. The van der Waals surface area contributed by atoms with Gasteiger partial charge in [-0.05, 0) is 17.5 Å². The number of para-hydroxylation sites is 1. The number of aliphatic hydroxyl groups excluding tert-OH is 1. The van der Waals surface area contributed by atoms with Crippen LogP contribution in [0.5, 0.6) is 0 Å². The molecule has 0 aliphatic carbocycles. The van der Waals surface area contributed by atoms with E-state index in [4.69, 9.17) is 0 Å². The smallest absolute Gasteiger partial charge is 0.392 e. The number of aliphatic hydroxyl groups is 1. The van der Waals surface area contributed by atoms with Crippen LogP contribution in [-0.4, -0.2) is 23.1 Å². The van der Waals surface area contributed by atoms with E-state index in [1.165, 1.54) is 12.1 Å². The molecule has 1 aromatic carbocycles. The van der Waals surface area contributed by atoms with Crippen LogP contribution in [0.25, 0.3) is 0 Å². The zero-order chi connectivity index (χ0) is 14.7. The molecule has 0 aliphatic heterocycles. The minimum Gasteiger partial charge on any atom is -0.392 e. The third-order valence-corrected chi connectivity index (χ3v) is 2.73. The summed E-state index contributed by atoms with van der Waals surface area (Å²) in [7, 11) is 0. The summed E-state index contributed by atoms with van der Waals surface area (Å²) in [6, 6.07) is 7.93. The number of benzene rings is 1. The number of hydrogen-bond acceptors (Lipinski definition) is 2. The Bertz CT molecular complexity index is 432. The number of rotatable bonds is 3. The molecule has 1 rings (SSSR count). The molecule has 0 radical (unpaired) electrons. The van der Waals surface area contributed by atoms with Gasteiger partial charge in [-0.25, -0.2) is 4.99 Å². The van der Waals surface area contributed by atoms with E-state index in [1.54, 1.807) is 39.0 Å². The van der Waals surface area contributed by atoms with Crippen molar-refractivity contribution in [3.05, 3.63) is 30.3 Å². The summed E-state index contributed by atoms with van der Waals surface area (Å²) in [5.41, 5.74) is -1.35. The van der Waals surface area contributed by atoms with Crippen LogP contribution in [0.4, 0.5) is 18.9 Å². The van der Waals surface area contributed by atoms with Gasteiger partial charge in [-0.3, -0.25) is 0 Å². The quantitative estimate of drug-likeness (QED) is 0.825. The predicted molar refractivity (Wildman–Crippen MR) is 69.7 cm³/mol. The molecule has 0 fully saturated rings. The van der Waals surface area contributed by atoms with Crippen molar-refractivity contribution < 1.29 is 18.3 Å². The summed E-state index contributed by atoms with van der Waals surface area (Å²) in [6.07, 6.45) is -6.15. The van der Waals surface area contributed by atoms with Gasteiger partial charge in [0.2, 0.25) is 0 Å². The first-order chi connectivity index (χ1) is 8.60. The number of aliphatic imine (C=N–C) groups is 1. The van der Waals surface area contributed by atoms with E-state index in [1.807, 2.05) is 0 Å². The summed E-state index contributed by atoms with van der Waals surface area (Å²) in [5.74, 6) is 0. The first kappa shape index (κ1) is 15.7. The fraction of sp³-hybridized carbons (Fsp3) is 0.500. The van der Waals surface area contributed by atoms with Crippen LogP contribution in [0.3, 0.4) is 0 Å². The first-order valence-electron chi connectivity index (χ1n) is 5.98. The van der Waals surface area contributed by atoms with Gasteiger partial charge in [0.25, 0.3) is 0 Å². The molecule has 19 heavy (non-hydrogen) atoms. The van der Waals surface area contributed by atoms with Crippen molar-refractivity contribution in [2.75, 3.05) is 0 Å². The maximum absolute atomic E-state index is 12.9. The van der Waals surface area contributed by atoms with E-state index >= 15 is 0 Å². The summed E-state index contributed by atoms with van der Waals surface area (Å²) in [6.45, 7) is 5.07. The molecule has 0 aromatic heterocycles. The minimum atomic E-state index is -4.54. The number of alkyl halides is 3. The fourth-order valence-corrected chi connectivity index (χ4v) is 1.37. The molecule has 0 saturated carbocycles. The van der Waals surface area contributed by atoms with Crippen molar-refractivity contribution in [1.29, 1.82) is 0 Å². The lowest BCUT2D eigenvalue weighted by Crippen LogP contribution is -2.34. The molecule has 0 aliphatic rings. The number of hydrogen-bond donors (Lipinski definition) is 1. The van der Waals surface area contributed by atoms with Crippen LogP contribution in [0, 0.1) is 5.41 Å². The molecular weight excluding hydrogens is 255 g/mol. The van der Waals surface area contributed by atoms with Gasteiger partial charge in [0, 0.05) is 6.42 Å². The van der Waals surface area contributed by atoms with Crippen molar-refractivity contribution in [2.24, 2.45) is 10.4 Å². The van der Waals surface area contributed by atoms with Gasteiger partial charge in [0.05, 0.1) is 11.8 Å². The van der Waals surface area contributed by atoms with Crippen molar-refractivity contribution in [1.82, 2.24) is 0 Å². The molecule has 0 bridgehead atoms. The van der Waals surface area contributed by atoms with E-state index in [0.717, 1.165) is 0 Å². The highest BCUT2D eigenvalue weighted by Crippen LogP contribution is 2.29. The molecule has 0 spiro atoms. The van der Waals surface area contributed by atoms with Crippen LogP contribution < -0.4 is 0 Å². The number of halogens is 3. The Balaban J connectivity index is 3.01. The van der Waals surface area contributed by atoms with Crippen molar-refractivity contribution in [3.63, 3.8) is 0 Å². The highest BCUT2D eigenvalue weighted by Gasteiger charge is 2.38. The molecule has 2 nitrogen and oxygen atoms in total. The Kier molecular flexibility index (Phi) is 4.74. The maximum atomic E-state index is 12.9. The van der Waals surface area contributed by atoms with E-state index in [2.05, 4.69) is 4.99 Å². The molecule has 0 saturated heterocycles. The van der Waals surface area contributed by atoms with Crippen LogP contribution >= 0.6 is 0 Å². The third-order valence-electron chi connectivity index (χ3n) is 2.73. The van der Waals surface area contributed by atoms with E-state index < -0.39 is 29.8 Å². The summed E-state index contributed by atoms with van der Waals surface area (Å²) in [4.78, 5) is 3.62. The second-order valence-corrected chi connectivity index (χ2v) is 5.48. The standard InChI is InChI=1S/C14H18F3NO/c1-13(2,3)12(19)9-11(14(15,16)17)18-10-7-5-4-6-8-10/h4-8,12,19H,9H2,1-3H3. The highest BCUT2D eigenvalue weighted by atomic mass is 19.4. The minimum absolute atomic E-state index is 0.232. The predicted octanol–water partition coefficient (Wildman–Crippen LogP) is 4.12. The van der Waals surface area contributed by atoms with Crippen molar-refractivity contribution >= 4 is 11.4 Å². The Morgan fingerprint density at radius 2 is 1.68 bits per heavy atom. The topological polar surface area (TPSA) is 32.6 Å². The second kappa shape index (κ2) is 5.74. The lowest BCUT2D eigenvalue weighted by Gasteiger charge is -2.26. The molecular formula is C14H18F3NO. The van der Waals surface area contributed by atoms with Gasteiger partial charge < -0.3 is 5.11 Å². The Morgan fingerprint density at radius 1 is 1.16 bits per heavy atom. The molecule has 1 atom stereocenters. The van der Waals surface area contributed by atoms with Gasteiger partial charge in [0.15, 0.2) is 0 Å². The Labute approximate surface area is 111 Å².